The van der Waals surface area contributed by atoms with Crippen molar-refractivity contribution >= 4 is 249 Å². The van der Waals surface area contributed by atoms with Gasteiger partial charge in [-0.15, -0.1) is 0 Å². The first-order valence-electron chi connectivity index (χ1n) is 5.79. The number of carbonyl (C=O) groups is 1. The van der Waals surface area contributed by atoms with Crippen LogP contribution in [0.2, 0.25) is 0 Å². The van der Waals surface area contributed by atoms with Crippen LogP contribution in [-0.2, 0) is 4.79 Å². The summed E-state index contributed by atoms with van der Waals surface area (Å²) >= 11 is 101. The van der Waals surface area contributed by atoms with Crippen molar-refractivity contribution in [3.05, 3.63) is 0 Å². The number of hydrogen-bond acceptors (Lipinski definition) is 1. The van der Waals surface area contributed by atoms with Gasteiger partial charge in [-0.1, -0.05) is 244 Å². The van der Waals surface area contributed by atoms with E-state index in [1.807, 2.05) is 0 Å². The van der Waals surface area contributed by atoms with Crippen molar-refractivity contribution in [1.29, 1.82) is 0 Å². The van der Waals surface area contributed by atoms with E-state index in [-0.39, 0.29) is 5.78 Å². The van der Waals surface area contributed by atoms with Gasteiger partial charge in [-0.25, -0.2) is 0 Å². The van der Waals surface area contributed by atoms with Gasteiger partial charge in [0.1, 0.15) is 5.78 Å². The van der Waals surface area contributed by atoms with Gasteiger partial charge in [0.15, 0.2) is 30.1 Å². The molecule has 0 aliphatic carbocycles. The first-order chi connectivity index (χ1) is 13.9. The van der Waals surface area contributed by atoms with Crippen LogP contribution in [-0.4, -0.2) is 35.9 Å². The molecule has 0 radical (unpaired) electrons. The number of Topliss-reactive ketones (excluding diaryl/α,β-unsaturated/α-hetero) is 1. The molecule has 0 saturated carbocycles. The molecule has 1 nitrogen and oxygen atoms in total. The van der Waals surface area contributed by atoms with Crippen LogP contribution < -0.4 is 0 Å². The highest BCUT2D eigenvalue weighted by molar-refractivity contribution is 6.65. The van der Waals surface area contributed by atoms with E-state index >= 15 is 0 Å². The third kappa shape index (κ3) is 1300. The van der Waals surface area contributed by atoms with Crippen LogP contribution in [0.4, 0.5) is 0 Å². The summed E-state index contributed by atoms with van der Waals surface area (Å²) in [6, 6.07) is 0. The largest absolute Gasteiger partial charge is 0.300 e. The molecule has 0 aliphatic heterocycles. The summed E-state index contributed by atoms with van der Waals surface area (Å²) in [5.41, 5.74) is 0. The summed E-state index contributed by atoms with van der Waals surface area (Å²) in [6.45, 7) is 3.06. The predicted octanol–water partition coefficient (Wildman–Crippen LogP) is 14.5. The van der Waals surface area contributed by atoms with Gasteiger partial charge >= 0.3 is 0 Å². The van der Waals surface area contributed by atoms with Crippen molar-refractivity contribution in [3.63, 3.8) is 0 Å². The molecule has 0 unspecified atom stereocenters. The maximum atomic E-state index is 9.44. The average molecular weight is 894 g/mol. The minimum absolute atomic E-state index is 0.167. The summed E-state index contributed by atoms with van der Waals surface area (Å²) in [7, 11) is 0. The van der Waals surface area contributed by atoms with E-state index in [4.69, 9.17) is 244 Å². The van der Waals surface area contributed by atoms with E-state index in [2.05, 4.69) is 0 Å². The molecule has 0 aromatic carbocycles. The molecular formula is C10H13Cl21O. The lowest BCUT2D eigenvalue weighted by Gasteiger charge is -1.69. The lowest BCUT2D eigenvalue weighted by atomic mass is 10.6. The Morgan fingerprint density at radius 1 is 0.312 bits per heavy atom. The van der Waals surface area contributed by atoms with Crippen molar-refractivity contribution in [2.24, 2.45) is 0 Å². The molecule has 0 atom stereocenters. The topological polar surface area (TPSA) is 17.1 Å². The minimum atomic E-state index is -0.750. The molecule has 0 fully saturated rings. The molecule has 0 N–H and O–H groups in total. The highest BCUT2D eigenvalue weighted by Crippen LogP contribution is 2.06. The zero-order valence-corrected chi connectivity index (χ0v) is 30.8. The van der Waals surface area contributed by atoms with Gasteiger partial charge in [0.2, 0.25) is 0 Å². The summed E-state index contributed by atoms with van der Waals surface area (Å²) in [5.74, 6) is 0.167. The maximum absolute atomic E-state index is 9.44. The zero-order valence-electron chi connectivity index (χ0n) is 14.9. The second-order valence-corrected chi connectivity index (χ2v) is 16.5. The fourth-order valence-corrected chi connectivity index (χ4v) is 0. The highest BCUT2D eigenvalue weighted by Gasteiger charge is 1.81. The van der Waals surface area contributed by atoms with Crippen LogP contribution in [0.5, 0.6) is 0 Å². The van der Waals surface area contributed by atoms with E-state index in [1.54, 1.807) is 0 Å². The Kier molecular flexibility index (Phi) is 95.6. The first kappa shape index (κ1) is 57.6. The third-order valence-corrected chi connectivity index (χ3v) is 0. The lowest BCUT2D eigenvalue weighted by Crippen LogP contribution is -1.69. The van der Waals surface area contributed by atoms with Crippen LogP contribution >= 0.6 is 244 Å². The number of hydrogen-bond donors (Lipinski definition) is 0. The van der Waals surface area contributed by atoms with E-state index < -0.39 is 30.1 Å². The lowest BCUT2D eigenvalue weighted by molar-refractivity contribution is -0.114. The summed E-state index contributed by atoms with van der Waals surface area (Å²) in [4.78, 5) is 9.44. The summed E-state index contributed by atoms with van der Waals surface area (Å²) in [6.07, 6.45) is 0. The molecule has 0 amide bonds. The Morgan fingerprint density at radius 2 is 0.312 bits per heavy atom. The van der Waals surface area contributed by atoms with Crippen molar-refractivity contribution < 1.29 is 4.79 Å². The van der Waals surface area contributed by atoms with Crippen LogP contribution in [0.1, 0.15) is 13.8 Å². The highest BCUT2D eigenvalue weighted by atomic mass is 35.6. The predicted molar refractivity (Wildman–Crippen MR) is 166 cm³/mol. The Bertz CT molecular complexity index is 191. The summed E-state index contributed by atoms with van der Waals surface area (Å²) in [5, 5.41) is 0. The number of rotatable bonds is 0. The van der Waals surface area contributed by atoms with Crippen molar-refractivity contribution in [1.82, 2.24) is 0 Å². The Morgan fingerprint density at radius 3 is 0.312 bits per heavy atom. The summed E-state index contributed by atoms with van der Waals surface area (Å²) < 4.78 is -5.25. The van der Waals surface area contributed by atoms with E-state index in [0.717, 1.165) is 0 Å². The fraction of sp³-hybridized carbons (Fsp3) is 0.900. The van der Waals surface area contributed by atoms with Gasteiger partial charge in [-0.3, -0.25) is 0 Å². The molecule has 0 aromatic rings. The number of alkyl halides is 21. The molecule has 0 aliphatic rings. The standard InChI is InChI=1S/C3H6O.7CHCl3/c1-3(2)4;7*2-1(3)4/h1-2H3;7*1H. The molecule has 32 heavy (non-hydrogen) atoms. The number of carbonyl (C=O) groups excluding carboxylic acids is 1. The van der Waals surface area contributed by atoms with Gasteiger partial charge in [0, 0.05) is 0 Å². The monoisotopic (exact) mass is 883 g/mol. The van der Waals surface area contributed by atoms with Crippen molar-refractivity contribution in [3.8, 4) is 0 Å². The van der Waals surface area contributed by atoms with E-state index in [1.165, 1.54) is 13.8 Å². The van der Waals surface area contributed by atoms with E-state index in [0.29, 0.717) is 0 Å². The molecule has 0 rings (SSSR count). The van der Waals surface area contributed by atoms with Crippen LogP contribution in [0.15, 0.2) is 0 Å². The third-order valence-electron chi connectivity index (χ3n) is 0. The molecule has 0 heterocycles. The molecule has 0 saturated heterocycles. The number of halogens is 21. The van der Waals surface area contributed by atoms with Crippen LogP contribution in [0.3, 0.4) is 0 Å². The van der Waals surface area contributed by atoms with Crippen LogP contribution in [0.25, 0.3) is 0 Å². The van der Waals surface area contributed by atoms with Crippen molar-refractivity contribution in [2.45, 2.75) is 43.9 Å². The zero-order chi connectivity index (χ0) is 28.6. The van der Waals surface area contributed by atoms with E-state index in [9.17, 15) is 4.79 Å². The van der Waals surface area contributed by atoms with Crippen molar-refractivity contribution in [2.75, 3.05) is 0 Å². The first-order valence-corrected chi connectivity index (χ1v) is 15.0. The Labute approximate surface area is 294 Å². The smallest absolute Gasteiger partial charge is 0.180 e. The quantitative estimate of drug-likeness (QED) is 0.222. The molecule has 0 aromatic heterocycles. The van der Waals surface area contributed by atoms with Gasteiger partial charge < -0.3 is 4.79 Å². The second-order valence-electron chi connectivity index (χ2n) is 2.64. The fourth-order valence-electron chi connectivity index (χ4n) is 0. The normalized spacial score (nSPS) is 8.69. The van der Waals surface area contributed by atoms with Gasteiger partial charge in [-0.2, -0.15) is 0 Å². The molecular weight excluding hydrogens is 881 g/mol. The maximum Gasteiger partial charge on any atom is 0.180 e. The minimum Gasteiger partial charge on any atom is -0.300 e. The van der Waals surface area contributed by atoms with Gasteiger partial charge in [-0.05, 0) is 13.8 Å². The molecule has 22 heteroatoms. The second kappa shape index (κ2) is 53.1. The Hall–Kier alpha value is 5.76. The molecule has 0 spiro atoms. The molecule has 0 bridgehead atoms. The van der Waals surface area contributed by atoms with Gasteiger partial charge in [0.05, 0.1) is 0 Å². The average Bonchev–Trinajstić information content (AvgIpc) is 2.30. The molecule has 206 valence electrons. The SMILES string of the molecule is CC(C)=O.ClC(Cl)Cl.ClC(Cl)Cl.ClC(Cl)Cl.ClC(Cl)Cl.ClC(Cl)Cl.ClC(Cl)Cl.ClC(Cl)Cl. The van der Waals surface area contributed by atoms with Crippen LogP contribution in [0, 0.1) is 0 Å². The van der Waals surface area contributed by atoms with Gasteiger partial charge in [0.25, 0.3) is 0 Å². The number of ketones is 1. The Balaban J connectivity index is -0.0000000343.